The molecular formula is C17H15F3N4O. The fourth-order valence-electron chi connectivity index (χ4n) is 3.30. The number of hydrogen-bond acceptors (Lipinski definition) is 3. The van der Waals surface area contributed by atoms with Gasteiger partial charge in [0.25, 0.3) is 5.91 Å². The number of aliphatic imine (C=N–C) groups is 1. The number of hydrogen-bond donors (Lipinski definition) is 1. The lowest BCUT2D eigenvalue weighted by Gasteiger charge is -2.28. The van der Waals surface area contributed by atoms with E-state index < -0.39 is 17.8 Å². The zero-order chi connectivity index (χ0) is 17.8. The van der Waals surface area contributed by atoms with Crippen molar-refractivity contribution in [2.45, 2.75) is 25.9 Å². The van der Waals surface area contributed by atoms with Gasteiger partial charge in [0.1, 0.15) is 5.69 Å². The average molecular weight is 348 g/mol. The van der Waals surface area contributed by atoms with Crippen LogP contribution in [0.5, 0.6) is 0 Å². The molecule has 1 amide bonds. The van der Waals surface area contributed by atoms with Gasteiger partial charge in [-0.1, -0.05) is 17.7 Å². The number of nitrogens with zero attached hydrogens (tertiary/aromatic N) is 3. The fourth-order valence-corrected chi connectivity index (χ4v) is 3.30. The molecule has 0 spiro atoms. The number of carbonyl (C=O) groups is 1. The van der Waals surface area contributed by atoms with Crippen molar-refractivity contribution < 1.29 is 18.0 Å². The molecule has 0 saturated heterocycles. The second-order valence-corrected chi connectivity index (χ2v) is 6.34. The van der Waals surface area contributed by atoms with E-state index >= 15 is 0 Å². The topological polar surface area (TPSA) is 61.4 Å². The normalized spacial score (nSPS) is 20.0. The van der Waals surface area contributed by atoms with Gasteiger partial charge >= 0.3 is 6.18 Å². The molecule has 0 bridgehead atoms. The second kappa shape index (κ2) is 5.44. The molecule has 3 aliphatic rings. The summed E-state index contributed by atoms with van der Waals surface area (Å²) < 4.78 is 38.0. The number of halogens is 3. The summed E-state index contributed by atoms with van der Waals surface area (Å²) in [6, 6.07) is 0.759. The lowest BCUT2D eigenvalue weighted by atomic mass is 9.91. The molecule has 1 aromatic rings. The Morgan fingerprint density at radius 2 is 2.16 bits per heavy atom. The SMILES string of the molecule is CC1=CCC2=NC3=C(CN(C(=O)c4cc(C(F)(F)F)[nH]n4)CC3)C2=C1. The average Bonchev–Trinajstić information content (AvgIpc) is 3.18. The Labute approximate surface area is 141 Å². The molecule has 130 valence electrons. The minimum Gasteiger partial charge on any atom is -0.332 e. The standard InChI is InChI=1S/C17H15F3N4O/c1-9-2-3-12-10(6-9)11-8-24(5-4-13(11)21-12)16(25)14-7-15(23-22-14)17(18,19)20/h2,6-7H,3-5,8H2,1H3,(H,22,23). The van der Waals surface area contributed by atoms with Gasteiger partial charge in [-0.25, -0.2) is 0 Å². The van der Waals surface area contributed by atoms with E-state index in [-0.39, 0.29) is 5.69 Å². The Morgan fingerprint density at radius 3 is 2.88 bits per heavy atom. The molecule has 1 N–H and O–H groups in total. The van der Waals surface area contributed by atoms with E-state index in [0.717, 1.165) is 40.6 Å². The van der Waals surface area contributed by atoms with Crippen LogP contribution in [-0.2, 0) is 6.18 Å². The van der Waals surface area contributed by atoms with Gasteiger partial charge in [-0.15, -0.1) is 0 Å². The number of amides is 1. The molecular weight excluding hydrogens is 333 g/mol. The van der Waals surface area contributed by atoms with Crippen molar-refractivity contribution in [3.63, 3.8) is 0 Å². The summed E-state index contributed by atoms with van der Waals surface area (Å²) in [6.07, 6.45) is 0.972. The van der Waals surface area contributed by atoms with Gasteiger partial charge in [-0.05, 0) is 6.92 Å². The van der Waals surface area contributed by atoms with Gasteiger partial charge in [0, 0.05) is 48.8 Å². The van der Waals surface area contributed by atoms with E-state index in [1.807, 2.05) is 12.0 Å². The molecule has 0 saturated carbocycles. The summed E-state index contributed by atoms with van der Waals surface area (Å²) in [7, 11) is 0. The number of allylic oxidation sites excluding steroid dienone is 3. The van der Waals surface area contributed by atoms with Crippen molar-refractivity contribution in [3.05, 3.63) is 52.0 Å². The fraction of sp³-hybridized carbons (Fsp3) is 0.353. The number of rotatable bonds is 1. The summed E-state index contributed by atoms with van der Waals surface area (Å²) in [6.45, 7) is 2.77. The summed E-state index contributed by atoms with van der Waals surface area (Å²) >= 11 is 0. The third kappa shape index (κ3) is 2.71. The van der Waals surface area contributed by atoms with Crippen LogP contribution in [0.3, 0.4) is 0 Å². The van der Waals surface area contributed by atoms with Crippen LogP contribution >= 0.6 is 0 Å². The molecule has 25 heavy (non-hydrogen) atoms. The van der Waals surface area contributed by atoms with Crippen molar-refractivity contribution in [1.82, 2.24) is 15.1 Å². The van der Waals surface area contributed by atoms with E-state index in [1.54, 1.807) is 0 Å². The molecule has 3 heterocycles. The zero-order valence-electron chi connectivity index (χ0n) is 13.4. The van der Waals surface area contributed by atoms with Gasteiger partial charge in [0.2, 0.25) is 0 Å². The van der Waals surface area contributed by atoms with Crippen LogP contribution in [0.15, 0.2) is 45.6 Å². The summed E-state index contributed by atoms with van der Waals surface area (Å²) in [4.78, 5) is 18.7. The highest BCUT2D eigenvalue weighted by atomic mass is 19.4. The lowest BCUT2D eigenvalue weighted by molar-refractivity contribution is -0.141. The Balaban J connectivity index is 1.56. The van der Waals surface area contributed by atoms with Crippen LogP contribution in [0.25, 0.3) is 0 Å². The van der Waals surface area contributed by atoms with Crippen molar-refractivity contribution in [1.29, 1.82) is 0 Å². The first-order valence-electron chi connectivity index (χ1n) is 7.93. The van der Waals surface area contributed by atoms with Crippen LogP contribution in [0.4, 0.5) is 13.2 Å². The second-order valence-electron chi connectivity index (χ2n) is 6.34. The molecule has 4 rings (SSSR count). The molecule has 0 unspecified atom stereocenters. The zero-order valence-corrected chi connectivity index (χ0v) is 13.4. The minimum absolute atomic E-state index is 0.218. The third-order valence-electron chi connectivity index (χ3n) is 4.60. The van der Waals surface area contributed by atoms with Gasteiger partial charge in [-0.3, -0.25) is 14.9 Å². The molecule has 1 aromatic heterocycles. The number of alkyl halides is 3. The molecule has 1 aliphatic carbocycles. The number of aromatic nitrogens is 2. The molecule has 0 aromatic carbocycles. The quantitative estimate of drug-likeness (QED) is 0.847. The highest BCUT2D eigenvalue weighted by Gasteiger charge is 2.36. The van der Waals surface area contributed by atoms with Crippen LogP contribution in [-0.4, -0.2) is 39.8 Å². The predicted octanol–water partition coefficient (Wildman–Crippen LogP) is 3.26. The van der Waals surface area contributed by atoms with E-state index in [0.29, 0.717) is 19.5 Å². The third-order valence-corrected chi connectivity index (χ3v) is 4.60. The van der Waals surface area contributed by atoms with Crippen LogP contribution < -0.4 is 0 Å². The largest absolute Gasteiger partial charge is 0.432 e. The molecule has 5 nitrogen and oxygen atoms in total. The highest BCUT2D eigenvalue weighted by molar-refractivity contribution is 6.09. The first-order valence-corrected chi connectivity index (χ1v) is 7.93. The molecule has 0 fully saturated rings. The van der Waals surface area contributed by atoms with Crippen LogP contribution in [0.1, 0.15) is 35.9 Å². The summed E-state index contributed by atoms with van der Waals surface area (Å²) in [5.74, 6) is -0.504. The number of H-pyrrole nitrogens is 1. The van der Waals surface area contributed by atoms with Gasteiger partial charge in [-0.2, -0.15) is 18.3 Å². The van der Waals surface area contributed by atoms with Gasteiger partial charge in [0.15, 0.2) is 5.69 Å². The smallest absolute Gasteiger partial charge is 0.332 e. The van der Waals surface area contributed by atoms with Gasteiger partial charge in [0.05, 0.1) is 5.71 Å². The Bertz CT molecular complexity index is 886. The van der Waals surface area contributed by atoms with Crippen molar-refractivity contribution in [3.8, 4) is 0 Å². The van der Waals surface area contributed by atoms with Gasteiger partial charge < -0.3 is 4.90 Å². The van der Waals surface area contributed by atoms with E-state index in [2.05, 4.69) is 22.2 Å². The first kappa shape index (κ1) is 15.9. The van der Waals surface area contributed by atoms with E-state index in [4.69, 9.17) is 0 Å². The van der Waals surface area contributed by atoms with Crippen molar-refractivity contribution >= 4 is 11.6 Å². The number of aromatic amines is 1. The maximum absolute atomic E-state index is 12.7. The first-order chi connectivity index (χ1) is 11.8. The van der Waals surface area contributed by atoms with E-state index in [1.165, 1.54) is 4.90 Å². The molecule has 0 radical (unpaired) electrons. The predicted molar refractivity (Wildman–Crippen MR) is 85.0 cm³/mol. The summed E-state index contributed by atoms with van der Waals surface area (Å²) in [5, 5.41) is 5.42. The Kier molecular flexibility index (Phi) is 3.45. The molecule has 2 aliphatic heterocycles. The Hall–Kier alpha value is -2.64. The van der Waals surface area contributed by atoms with Crippen LogP contribution in [0, 0.1) is 0 Å². The Morgan fingerprint density at radius 1 is 1.36 bits per heavy atom. The highest BCUT2D eigenvalue weighted by Crippen LogP contribution is 2.36. The maximum Gasteiger partial charge on any atom is 0.432 e. The maximum atomic E-state index is 12.7. The van der Waals surface area contributed by atoms with Crippen LogP contribution in [0.2, 0.25) is 0 Å². The number of fused-ring (bicyclic) bond motifs is 2. The minimum atomic E-state index is -4.55. The molecule has 0 atom stereocenters. The molecule has 8 heteroatoms. The van der Waals surface area contributed by atoms with Crippen molar-refractivity contribution in [2.24, 2.45) is 4.99 Å². The monoisotopic (exact) mass is 348 g/mol. The van der Waals surface area contributed by atoms with Crippen molar-refractivity contribution in [2.75, 3.05) is 13.1 Å². The number of carbonyl (C=O) groups excluding carboxylic acids is 1. The van der Waals surface area contributed by atoms with E-state index in [9.17, 15) is 18.0 Å². The lowest BCUT2D eigenvalue weighted by Crippen LogP contribution is -2.37. The summed E-state index contributed by atoms with van der Waals surface area (Å²) in [5.41, 5.74) is 3.93. The number of nitrogens with one attached hydrogen (secondary N) is 1.